The summed E-state index contributed by atoms with van der Waals surface area (Å²) < 4.78 is 6.78. The highest BCUT2D eigenvalue weighted by Crippen LogP contribution is 2.18. The van der Waals surface area contributed by atoms with Gasteiger partial charge in [0.25, 0.3) is 5.56 Å². The van der Waals surface area contributed by atoms with Crippen molar-refractivity contribution in [2.45, 2.75) is 18.1 Å². The van der Waals surface area contributed by atoms with Crippen molar-refractivity contribution < 1.29 is 4.74 Å². The molecule has 0 aliphatic heterocycles. The van der Waals surface area contributed by atoms with E-state index in [0.717, 1.165) is 22.8 Å². The van der Waals surface area contributed by atoms with Gasteiger partial charge in [0.2, 0.25) is 0 Å². The minimum absolute atomic E-state index is 0.0123. The lowest BCUT2D eigenvalue weighted by atomic mass is 10.2. The van der Waals surface area contributed by atoms with Crippen LogP contribution in [0.25, 0.3) is 10.9 Å². The van der Waals surface area contributed by atoms with Gasteiger partial charge in [-0.15, -0.1) is 6.58 Å². The minimum atomic E-state index is 0.0123. The summed E-state index contributed by atoms with van der Waals surface area (Å²) in [6.45, 7) is 4.95. The molecule has 0 aliphatic rings. The highest BCUT2D eigenvalue weighted by Gasteiger charge is 2.10. The second kappa shape index (κ2) is 7.26. The predicted molar refractivity (Wildman–Crippen MR) is 83.4 cm³/mol. The van der Waals surface area contributed by atoms with Crippen molar-refractivity contribution in [1.82, 2.24) is 9.55 Å². The van der Waals surface area contributed by atoms with E-state index in [9.17, 15) is 4.79 Å². The molecule has 4 nitrogen and oxygen atoms in total. The van der Waals surface area contributed by atoms with Gasteiger partial charge < -0.3 is 4.74 Å². The number of ether oxygens (including phenoxy) is 1. The van der Waals surface area contributed by atoms with Crippen LogP contribution in [-0.4, -0.2) is 29.0 Å². The van der Waals surface area contributed by atoms with E-state index in [4.69, 9.17) is 4.74 Å². The zero-order valence-corrected chi connectivity index (χ0v) is 12.4. The van der Waals surface area contributed by atoms with E-state index in [1.807, 2.05) is 30.3 Å². The van der Waals surface area contributed by atoms with Gasteiger partial charge in [-0.25, -0.2) is 4.98 Å². The molecule has 0 radical (unpaired) electrons. The first kappa shape index (κ1) is 14.8. The van der Waals surface area contributed by atoms with Crippen LogP contribution >= 0.6 is 11.8 Å². The number of para-hydroxylation sites is 1. The lowest BCUT2D eigenvalue weighted by Gasteiger charge is -2.12. The molecule has 1 heterocycles. The Kier molecular flexibility index (Phi) is 5.38. The molecule has 0 atom stereocenters. The predicted octanol–water partition coefficient (Wildman–Crippen LogP) is 2.71. The maximum Gasteiger partial charge on any atom is 0.262 e. The van der Waals surface area contributed by atoms with Gasteiger partial charge in [0.1, 0.15) is 0 Å². The fourth-order valence-electron chi connectivity index (χ4n) is 1.96. The van der Waals surface area contributed by atoms with E-state index in [2.05, 4.69) is 11.6 Å². The first-order valence-electron chi connectivity index (χ1n) is 6.50. The van der Waals surface area contributed by atoms with Gasteiger partial charge in [-0.1, -0.05) is 30.0 Å². The average Bonchev–Trinajstić information content (AvgIpc) is 2.48. The molecule has 2 aromatic rings. The molecular weight excluding hydrogens is 272 g/mol. The van der Waals surface area contributed by atoms with Gasteiger partial charge in [-0.2, -0.15) is 0 Å². The van der Waals surface area contributed by atoms with Crippen molar-refractivity contribution in [3.05, 3.63) is 47.3 Å². The van der Waals surface area contributed by atoms with E-state index in [1.165, 1.54) is 11.8 Å². The van der Waals surface area contributed by atoms with Gasteiger partial charge in [-0.05, 0) is 18.6 Å². The van der Waals surface area contributed by atoms with Gasteiger partial charge >= 0.3 is 0 Å². The summed E-state index contributed by atoms with van der Waals surface area (Å²) in [5, 5.41) is 1.40. The summed E-state index contributed by atoms with van der Waals surface area (Å²) in [5.41, 5.74) is 0.755. The Morgan fingerprint density at radius 1 is 1.45 bits per heavy atom. The van der Waals surface area contributed by atoms with Crippen molar-refractivity contribution in [2.75, 3.05) is 19.5 Å². The summed E-state index contributed by atoms with van der Waals surface area (Å²) in [6.07, 6.45) is 2.60. The van der Waals surface area contributed by atoms with Crippen LogP contribution in [0.15, 0.2) is 46.9 Å². The van der Waals surface area contributed by atoms with E-state index in [1.54, 1.807) is 11.7 Å². The number of methoxy groups -OCH3 is 1. The normalized spacial score (nSPS) is 10.8. The second-order valence-electron chi connectivity index (χ2n) is 4.31. The molecule has 0 bridgehead atoms. The topological polar surface area (TPSA) is 44.1 Å². The van der Waals surface area contributed by atoms with Crippen molar-refractivity contribution in [3.63, 3.8) is 0 Å². The first-order chi connectivity index (χ1) is 9.77. The third-order valence-electron chi connectivity index (χ3n) is 2.89. The van der Waals surface area contributed by atoms with Crippen molar-refractivity contribution >= 4 is 22.7 Å². The summed E-state index contributed by atoms with van der Waals surface area (Å²) in [5.74, 6) is 0.731. The minimum Gasteiger partial charge on any atom is -0.385 e. The van der Waals surface area contributed by atoms with Crippen molar-refractivity contribution in [1.29, 1.82) is 0 Å². The average molecular weight is 290 g/mol. The van der Waals surface area contributed by atoms with E-state index < -0.39 is 0 Å². The van der Waals surface area contributed by atoms with Gasteiger partial charge in [-0.3, -0.25) is 9.36 Å². The molecule has 0 fully saturated rings. The van der Waals surface area contributed by atoms with E-state index in [0.29, 0.717) is 18.5 Å². The molecular formula is C15H18N2O2S. The number of nitrogens with zero attached hydrogens (tertiary/aromatic N) is 2. The number of hydrogen-bond donors (Lipinski definition) is 0. The lowest BCUT2D eigenvalue weighted by molar-refractivity contribution is 0.189. The molecule has 0 saturated carbocycles. The molecule has 0 saturated heterocycles. The van der Waals surface area contributed by atoms with Crippen LogP contribution in [0.3, 0.4) is 0 Å². The highest BCUT2D eigenvalue weighted by molar-refractivity contribution is 7.99. The molecule has 1 aromatic heterocycles. The Bertz CT molecular complexity index is 652. The van der Waals surface area contributed by atoms with Crippen LogP contribution < -0.4 is 5.56 Å². The fourth-order valence-corrected chi connectivity index (χ4v) is 2.72. The molecule has 20 heavy (non-hydrogen) atoms. The molecule has 1 aromatic carbocycles. The second-order valence-corrected chi connectivity index (χ2v) is 5.30. The molecule has 2 rings (SSSR count). The summed E-state index contributed by atoms with van der Waals surface area (Å²) >= 11 is 1.53. The Balaban J connectivity index is 2.45. The number of thioether (sulfide) groups is 1. The number of hydrogen-bond acceptors (Lipinski definition) is 4. The van der Waals surface area contributed by atoms with Gasteiger partial charge in [0, 0.05) is 26.0 Å². The molecule has 0 amide bonds. The Morgan fingerprint density at radius 3 is 3.00 bits per heavy atom. The summed E-state index contributed by atoms with van der Waals surface area (Å²) in [7, 11) is 1.66. The SMILES string of the molecule is C=CCSc1nc2ccccc2c(=O)n1CCCOC. The Labute approximate surface area is 122 Å². The zero-order valence-electron chi connectivity index (χ0n) is 11.5. The van der Waals surface area contributed by atoms with Crippen LogP contribution in [0.1, 0.15) is 6.42 Å². The Morgan fingerprint density at radius 2 is 2.25 bits per heavy atom. The summed E-state index contributed by atoms with van der Waals surface area (Å²) in [4.78, 5) is 17.1. The molecule has 106 valence electrons. The van der Waals surface area contributed by atoms with Gasteiger partial charge in [0.15, 0.2) is 5.16 Å². The third kappa shape index (κ3) is 3.29. The Hall–Kier alpha value is -1.59. The molecule has 0 N–H and O–H groups in total. The van der Waals surface area contributed by atoms with Crippen LogP contribution in [0.2, 0.25) is 0 Å². The quantitative estimate of drug-likeness (QED) is 0.340. The van der Waals surface area contributed by atoms with Crippen LogP contribution in [0.4, 0.5) is 0 Å². The zero-order chi connectivity index (χ0) is 14.4. The number of aromatic nitrogens is 2. The molecule has 0 aliphatic carbocycles. The van der Waals surface area contributed by atoms with Crippen LogP contribution in [0.5, 0.6) is 0 Å². The fraction of sp³-hybridized carbons (Fsp3) is 0.333. The highest BCUT2D eigenvalue weighted by atomic mass is 32.2. The number of benzene rings is 1. The van der Waals surface area contributed by atoms with E-state index in [-0.39, 0.29) is 5.56 Å². The molecule has 5 heteroatoms. The van der Waals surface area contributed by atoms with Crippen molar-refractivity contribution in [3.8, 4) is 0 Å². The molecule has 0 unspecified atom stereocenters. The number of rotatable bonds is 7. The lowest BCUT2D eigenvalue weighted by Crippen LogP contribution is -2.24. The van der Waals surface area contributed by atoms with Crippen molar-refractivity contribution in [2.24, 2.45) is 0 Å². The largest absolute Gasteiger partial charge is 0.385 e. The standard InChI is InChI=1S/C15H18N2O2S/c1-3-11-20-15-16-13-8-5-4-7-12(13)14(18)17(15)9-6-10-19-2/h3-5,7-8H,1,6,9-11H2,2H3. The maximum atomic E-state index is 12.5. The van der Waals surface area contributed by atoms with Crippen LogP contribution in [-0.2, 0) is 11.3 Å². The first-order valence-corrected chi connectivity index (χ1v) is 7.48. The smallest absolute Gasteiger partial charge is 0.262 e. The van der Waals surface area contributed by atoms with Crippen LogP contribution in [0, 0.1) is 0 Å². The summed E-state index contributed by atoms with van der Waals surface area (Å²) in [6, 6.07) is 7.45. The third-order valence-corrected chi connectivity index (χ3v) is 3.86. The number of fused-ring (bicyclic) bond motifs is 1. The monoisotopic (exact) mass is 290 g/mol. The molecule has 0 spiro atoms. The maximum absolute atomic E-state index is 12.5. The van der Waals surface area contributed by atoms with E-state index >= 15 is 0 Å². The van der Waals surface area contributed by atoms with Gasteiger partial charge in [0.05, 0.1) is 10.9 Å².